The summed E-state index contributed by atoms with van der Waals surface area (Å²) in [5, 5.41) is 16.2. The molecular weight excluding hydrogens is 380 g/mol. The van der Waals surface area contributed by atoms with Crippen molar-refractivity contribution in [1.29, 1.82) is 0 Å². The number of nitro benzene ring substituents is 1. The SMILES string of the molecule is CCOc1cc(C(=O)Nc2ccccc2-c2cccs2)c([N+](=O)[O-])cc1OC. The van der Waals surface area contributed by atoms with Gasteiger partial charge in [0, 0.05) is 22.2 Å². The summed E-state index contributed by atoms with van der Waals surface area (Å²) in [6.45, 7) is 2.11. The largest absolute Gasteiger partial charge is 0.493 e. The van der Waals surface area contributed by atoms with Crippen molar-refractivity contribution in [3.63, 3.8) is 0 Å². The third-order valence-electron chi connectivity index (χ3n) is 3.99. The summed E-state index contributed by atoms with van der Waals surface area (Å²) in [5.41, 5.74) is 0.951. The number of carbonyl (C=O) groups is 1. The van der Waals surface area contributed by atoms with Crippen molar-refractivity contribution in [2.24, 2.45) is 0 Å². The molecule has 0 aliphatic carbocycles. The van der Waals surface area contributed by atoms with Crippen molar-refractivity contribution in [1.82, 2.24) is 0 Å². The number of nitro groups is 1. The number of nitrogens with zero attached hydrogens (tertiary/aromatic N) is 1. The lowest BCUT2D eigenvalue weighted by atomic mass is 10.1. The second-order valence-corrected chi connectivity index (χ2v) is 6.64. The summed E-state index contributed by atoms with van der Waals surface area (Å²) < 4.78 is 10.6. The Bertz CT molecular complexity index is 1000. The zero-order valence-electron chi connectivity index (χ0n) is 15.3. The highest BCUT2D eigenvalue weighted by atomic mass is 32.1. The van der Waals surface area contributed by atoms with E-state index in [1.54, 1.807) is 19.1 Å². The predicted molar refractivity (Wildman–Crippen MR) is 109 cm³/mol. The molecule has 0 saturated heterocycles. The van der Waals surface area contributed by atoms with Crippen LogP contribution in [0.5, 0.6) is 11.5 Å². The van der Waals surface area contributed by atoms with Crippen molar-refractivity contribution in [3.05, 3.63) is 69.6 Å². The van der Waals surface area contributed by atoms with Crippen molar-refractivity contribution in [2.75, 3.05) is 19.0 Å². The normalized spacial score (nSPS) is 10.4. The van der Waals surface area contributed by atoms with Crippen molar-refractivity contribution < 1.29 is 19.2 Å². The Balaban J connectivity index is 2.01. The van der Waals surface area contributed by atoms with Crippen LogP contribution < -0.4 is 14.8 Å². The van der Waals surface area contributed by atoms with E-state index in [0.29, 0.717) is 12.3 Å². The topological polar surface area (TPSA) is 90.7 Å². The molecule has 144 valence electrons. The molecule has 0 aliphatic heterocycles. The molecule has 1 aromatic heterocycles. The molecule has 0 saturated carbocycles. The number of carbonyl (C=O) groups excluding carboxylic acids is 1. The highest BCUT2D eigenvalue weighted by Crippen LogP contribution is 2.36. The van der Waals surface area contributed by atoms with Crippen LogP contribution in [0.4, 0.5) is 11.4 Å². The predicted octanol–water partition coefficient (Wildman–Crippen LogP) is 4.98. The number of nitrogens with one attached hydrogen (secondary N) is 1. The quantitative estimate of drug-likeness (QED) is 0.448. The fraction of sp³-hybridized carbons (Fsp3) is 0.150. The average molecular weight is 398 g/mol. The second-order valence-electron chi connectivity index (χ2n) is 5.69. The minimum Gasteiger partial charge on any atom is -0.493 e. The van der Waals surface area contributed by atoms with Gasteiger partial charge in [0.1, 0.15) is 5.56 Å². The van der Waals surface area contributed by atoms with Gasteiger partial charge in [-0.15, -0.1) is 11.3 Å². The van der Waals surface area contributed by atoms with E-state index in [4.69, 9.17) is 9.47 Å². The van der Waals surface area contributed by atoms with Gasteiger partial charge in [0.15, 0.2) is 11.5 Å². The molecule has 2 aromatic carbocycles. The van der Waals surface area contributed by atoms with Crippen LogP contribution in [-0.4, -0.2) is 24.5 Å². The van der Waals surface area contributed by atoms with Gasteiger partial charge in [-0.25, -0.2) is 0 Å². The molecule has 3 aromatic rings. The first-order chi connectivity index (χ1) is 13.5. The molecule has 0 radical (unpaired) electrons. The smallest absolute Gasteiger partial charge is 0.286 e. The number of hydrogen-bond donors (Lipinski definition) is 1. The van der Waals surface area contributed by atoms with E-state index in [1.165, 1.54) is 30.6 Å². The fourth-order valence-corrected chi connectivity index (χ4v) is 3.50. The maximum absolute atomic E-state index is 12.9. The first-order valence-electron chi connectivity index (χ1n) is 8.48. The van der Waals surface area contributed by atoms with Crippen molar-refractivity contribution in [3.8, 4) is 21.9 Å². The molecule has 0 aliphatic rings. The van der Waals surface area contributed by atoms with Crippen LogP contribution >= 0.6 is 11.3 Å². The molecule has 1 amide bonds. The number of thiophene rings is 1. The highest BCUT2D eigenvalue weighted by molar-refractivity contribution is 7.13. The Labute approximate surface area is 165 Å². The van der Waals surface area contributed by atoms with Gasteiger partial charge >= 0.3 is 0 Å². The van der Waals surface area contributed by atoms with Gasteiger partial charge in [0.25, 0.3) is 11.6 Å². The zero-order chi connectivity index (χ0) is 20.1. The second kappa shape index (κ2) is 8.53. The minimum absolute atomic E-state index is 0.102. The zero-order valence-corrected chi connectivity index (χ0v) is 16.1. The van der Waals surface area contributed by atoms with E-state index in [-0.39, 0.29) is 22.7 Å². The maximum atomic E-state index is 12.9. The Morgan fingerprint density at radius 1 is 1.18 bits per heavy atom. The molecule has 0 atom stereocenters. The number of para-hydroxylation sites is 1. The molecule has 0 fully saturated rings. The van der Waals surface area contributed by atoms with E-state index >= 15 is 0 Å². The molecule has 7 nitrogen and oxygen atoms in total. The van der Waals surface area contributed by atoms with Gasteiger partial charge in [-0.2, -0.15) is 0 Å². The standard InChI is InChI=1S/C20H18N2O5S/c1-3-27-18-11-14(16(22(24)25)12-17(18)26-2)20(23)21-15-8-5-4-7-13(15)19-9-6-10-28-19/h4-12H,3H2,1-2H3,(H,21,23). The summed E-state index contributed by atoms with van der Waals surface area (Å²) in [6, 6.07) is 13.7. The minimum atomic E-state index is -0.613. The van der Waals surface area contributed by atoms with Crippen LogP contribution in [0.1, 0.15) is 17.3 Å². The summed E-state index contributed by atoms with van der Waals surface area (Å²) in [5.74, 6) is -0.129. The monoisotopic (exact) mass is 398 g/mol. The molecule has 3 rings (SSSR count). The van der Waals surface area contributed by atoms with Crippen LogP contribution in [0.2, 0.25) is 0 Å². The van der Waals surface area contributed by atoms with Gasteiger partial charge in [0.2, 0.25) is 0 Å². The Morgan fingerprint density at radius 2 is 1.96 bits per heavy atom. The molecule has 28 heavy (non-hydrogen) atoms. The van der Waals surface area contributed by atoms with E-state index in [2.05, 4.69) is 5.32 Å². The Kier molecular flexibility index (Phi) is 5.90. The summed E-state index contributed by atoms with van der Waals surface area (Å²) in [7, 11) is 1.39. The van der Waals surface area contributed by atoms with Crippen LogP contribution in [0.3, 0.4) is 0 Å². The molecule has 8 heteroatoms. The third-order valence-corrected chi connectivity index (χ3v) is 4.89. The molecule has 0 bridgehead atoms. The van der Waals surface area contributed by atoms with Crippen LogP contribution in [0.15, 0.2) is 53.9 Å². The van der Waals surface area contributed by atoms with Gasteiger partial charge in [0.05, 0.1) is 24.7 Å². The molecule has 1 heterocycles. The third kappa shape index (κ3) is 3.96. The van der Waals surface area contributed by atoms with Gasteiger partial charge in [-0.3, -0.25) is 14.9 Å². The summed E-state index contributed by atoms with van der Waals surface area (Å²) >= 11 is 1.54. The number of ether oxygens (including phenoxy) is 2. The van der Waals surface area contributed by atoms with Crippen molar-refractivity contribution in [2.45, 2.75) is 6.92 Å². The highest BCUT2D eigenvalue weighted by Gasteiger charge is 2.25. The molecule has 1 N–H and O–H groups in total. The van der Waals surface area contributed by atoms with Crippen LogP contribution in [-0.2, 0) is 0 Å². The lowest BCUT2D eigenvalue weighted by Crippen LogP contribution is -2.15. The van der Waals surface area contributed by atoms with E-state index in [0.717, 1.165) is 10.4 Å². The number of rotatable bonds is 7. The number of amides is 1. The number of anilines is 1. The summed E-state index contributed by atoms with van der Waals surface area (Å²) in [4.78, 5) is 24.8. The number of methoxy groups -OCH3 is 1. The van der Waals surface area contributed by atoms with E-state index in [1.807, 2.05) is 29.6 Å². The van der Waals surface area contributed by atoms with Crippen LogP contribution in [0, 0.1) is 10.1 Å². The lowest BCUT2D eigenvalue weighted by Gasteiger charge is -2.13. The van der Waals surface area contributed by atoms with Crippen LogP contribution in [0.25, 0.3) is 10.4 Å². The molecular formula is C20H18N2O5S. The number of hydrogen-bond acceptors (Lipinski definition) is 6. The molecule has 0 spiro atoms. The fourth-order valence-electron chi connectivity index (χ4n) is 2.74. The first-order valence-corrected chi connectivity index (χ1v) is 9.36. The van der Waals surface area contributed by atoms with Gasteiger partial charge in [-0.05, 0) is 24.4 Å². The van der Waals surface area contributed by atoms with Crippen molar-refractivity contribution >= 4 is 28.6 Å². The lowest BCUT2D eigenvalue weighted by molar-refractivity contribution is -0.385. The molecule has 0 unspecified atom stereocenters. The van der Waals surface area contributed by atoms with E-state index in [9.17, 15) is 14.9 Å². The first kappa shape index (κ1) is 19.4. The average Bonchev–Trinajstić information content (AvgIpc) is 3.22. The van der Waals surface area contributed by atoms with Gasteiger partial charge < -0.3 is 14.8 Å². The Morgan fingerprint density at radius 3 is 2.61 bits per heavy atom. The number of benzene rings is 2. The maximum Gasteiger partial charge on any atom is 0.286 e. The summed E-state index contributed by atoms with van der Waals surface area (Å²) in [6.07, 6.45) is 0. The van der Waals surface area contributed by atoms with E-state index < -0.39 is 10.8 Å². The Hall–Kier alpha value is -3.39. The van der Waals surface area contributed by atoms with Gasteiger partial charge in [-0.1, -0.05) is 24.3 Å².